The van der Waals surface area contributed by atoms with E-state index in [2.05, 4.69) is 5.32 Å². The number of carboxylic acids is 1. The Morgan fingerprint density at radius 2 is 1.55 bits per heavy atom. The Balaban J connectivity index is 2.81. The maximum absolute atomic E-state index is 12.1. The van der Waals surface area contributed by atoms with E-state index in [1.807, 2.05) is 30.3 Å². The van der Waals surface area contributed by atoms with E-state index >= 15 is 0 Å². The minimum Gasteiger partial charge on any atom is -0.480 e. The molecule has 0 aliphatic carbocycles. The number of hydrogen-bond donors (Lipinski definition) is 2. The Bertz CT molecular complexity index is 720. The third-order valence-corrected chi connectivity index (χ3v) is 3.91. The van der Waals surface area contributed by atoms with Gasteiger partial charge in [0.05, 0.1) is 12.7 Å². The average Bonchev–Trinajstić information content (AvgIpc) is 2.60. The van der Waals surface area contributed by atoms with Crippen molar-refractivity contribution in [1.82, 2.24) is 5.32 Å². The van der Waals surface area contributed by atoms with Crippen molar-refractivity contribution in [1.29, 1.82) is 0 Å². The van der Waals surface area contributed by atoms with Crippen LogP contribution in [0.3, 0.4) is 0 Å². The molecule has 0 aliphatic rings. The lowest BCUT2D eigenvalue weighted by atomic mass is 10.0. The number of carboxylic acid groups (broad SMARTS) is 1. The fourth-order valence-corrected chi connectivity index (χ4v) is 2.66. The number of carbonyl (C=O) groups is 3. The van der Waals surface area contributed by atoms with Crippen LogP contribution in [-0.2, 0) is 30.4 Å². The van der Waals surface area contributed by atoms with Gasteiger partial charge in [0.1, 0.15) is 17.2 Å². The van der Waals surface area contributed by atoms with Crippen LogP contribution >= 0.6 is 0 Å². The van der Waals surface area contributed by atoms with Gasteiger partial charge in [-0.05, 0) is 53.5 Å². The van der Waals surface area contributed by atoms with Gasteiger partial charge in [-0.3, -0.25) is 4.79 Å². The molecular weight excluding hydrogens is 402 g/mol. The van der Waals surface area contributed by atoms with E-state index in [4.69, 9.17) is 14.2 Å². The van der Waals surface area contributed by atoms with Crippen molar-refractivity contribution >= 4 is 18.0 Å². The van der Waals surface area contributed by atoms with Crippen molar-refractivity contribution in [2.45, 2.75) is 90.8 Å². The number of alkyl carbamates (subject to hydrolysis) is 1. The van der Waals surface area contributed by atoms with E-state index in [-0.39, 0.29) is 25.9 Å². The first-order valence-electron chi connectivity index (χ1n) is 10.3. The zero-order valence-electron chi connectivity index (χ0n) is 19.3. The molecule has 8 heteroatoms. The molecule has 0 heterocycles. The second-order valence-corrected chi connectivity index (χ2v) is 9.32. The zero-order valence-corrected chi connectivity index (χ0v) is 19.3. The standard InChI is InChI=1S/C23H35NO7/c1-22(2,3)30-19(25)13-12-17(29-15-16-10-8-7-9-11-16)14-18(20(26)27)24-21(28)31-23(4,5)6/h7-11,17-18H,12-15H2,1-6H3,(H,24,28)(H,26,27). The van der Waals surface area contributed by atoms with Gasteiger partial charge in [0.2, 0.25) is 0 Å². The lowest BCUT2D eigenvalue weighted by Gasteiger charge is -2.25. The predicted molar refractivity (Wildman–Crippen MR) is 116 cm³/mol. The second kappa shape index (κ2) is 11.7. The fraction of sp³-hybridized carbons (Fsp3) is 0.609. The van der Waals surface area contributed by atoms with Crippen LogP contribution in [-0.4, -0.2) is 46.5 Å². The first kappa shape index (κ1) is 26.4. The van der Waals surface area contributed by atoms with Gasteiger partial charge in [0, 0.05) is 12.8 Å². The van der Waals surface area contributed by atoms with Crippen LogP contribution in [0.4, 0.5) is 4.79 Å². The number of benzene rings is 1. The number of aliphatic carboxylic acids is 1. The molecule has 0 aliphatic heterocycles. The second-order valence-electron chi connectivity index (χ2n) is 9.32. The molecule has 2 unspecified atom stereocenters. The van der Waals surface area contributed by atoms with Gasteiger partial charge in [0.25, 0.3) is 0 Å². The van der Waals surface area contributed by atoms with E-state index in [0.717, 1.165) is 5.56 Å². The summed E-state index contributed by atoms with van der Waals surface area (Å²) < 4.78 is 16.4. The maximum Gasteiger partial charge on any atom is 0.408 e. The Morgan fingerprint density at radius 3 is 2.06 bits per heavy atom. The lowest BCUT2D eigenvalue weighted by molar-refractivity contribution is -0.155. The van der Waals surface area contributed by atoms with Crippen molar-refractivity contribution < 1.29 is 33.7 Å². The van der Waals surface area contributed by atoms with E-state index in [1.54, 1.807) is 41.5 Å². The highest BCUT2D eigenvalue weighted by Crippen LogP contribution is 2.17. The molecule has 1 amide bonds. The van der Waals surface area contributed by atoms with Crippen LogP contribution < -0.4 is 5.32 Å². The molecule has 0 saturated heterocycles. The third-order valence-electron chi connectivity index (χ3n) is 3.91. The zero-order chi connectivity index (χ0) is 23.7. The molecule has 2 atom stereocenters. The van der Waals surface area contributed by atoms with Crippen molar-refractivity contribution in [3.8, 4) is 0 Å². The normalized spacial score (nSPS) is 13.7. The molecule has 0 radical (unpaired) electrons. The fourth-order valence-electron chi connectivity index (χ4n) is 2.66. The Labute approximate surface area is 184 Å². The van der Waals surface area contributed by atoms with E-state index in [1.165, 1.54) is 0 Å². The largest absolute Gasteiger partial charge is 0.480 e. The highest BCUT2D eigenvalue weighted by Gasteiger charge is 2.28. The topological polar surface area (TPSA) is 111 Å². The van der Waals surface area contributed by atoms with E-state index in [9.17, 15) is 19.5 Å². The monoisotopic (exact) mass is 437 g/mol. The van der Waals surface area contributed by atoms with Crippen molar-refractivity contribution in [2.24, 2.45) is 0 Å². The molecule has 1 aromatic carbocycles. The smallest absolute Gasteiger partial charge is 0.408 e. The highest BCUT2D eigenvalue weighted by atomic mass is 16.6. The maximum atomic E-state index is 12.1. The summed E-state index contributed by atoms with van der Waals surface area (Å²) >= 11 is 0. The van der Waals surface area contributed by atoms with Gasteiger partial charge in [-0.25, -0.2) is 9.59 Å². The van der Waals surface area contributed by atoms with Gasteiger partial charge in [-0.2, -0.15) is 0 Å². The Morgan fingerprint density at radius 1 is 0.968 bits per heavy atom. The molecule has 8 nitrogen and oxygen atoms in total. The van der Waals surface area contributed by atoms with Gasteiger partial charge in [0.15, 0.2) is 0 Å². The average molecular weight is 438 g/mol. The summed E-state index contributed by atoms with van der Waals surface area (Å²) in [6.45, 7) is 10.6. The number of amides is 1. The Kier molecular flexibility index (Phi) is 9.97. The number of hydrogen-bond acceptors (Lipinski definition) is 6. The highest BCUT2D eigenvalue weighted by molar-refractivity contribution is 5.80. The van der Waals surface area contributed by atoms with Crippen LogP contribution in [0.5, 0.6) is 0 Å². The summed E-state index contributed by atoms with van der Waals surface area (Å²) in [5.41, 5.74) is -0.455. The predicted octanol–water partition coefficient (Wildman–Crippen LogP) is 4.06. The number of esters is 1. The summed E-state index contributed by atoms with van der Waals surface area (Å²) in [4.78, 5) is 35.9. The van der Waals surface area contributed by atoms with Crippen molar-refractivity contribution in [2.75, 3.05) is 0 Å². The number of nitrogens with one attached hydrogen (secondary N) is 1. The number of rotatable bonds is 10. The molecule has 0 fully saturated rings. The van der Waals surface area contributed by atoms with E-state index < -0.39 is 41.4 Å². The summed E-state index contributed by atoms with van der Waals surface area (Å²) in [5.74, 6) is -1.61. The molecule has 0 spiro atoms. The van der Waals surface area contributed by atoms with Gasteiger partial charge >= 0.3 is 18.0 Å². The summed E-state index contributed by atoms with van der Waals surface area (Å²) in [5, 5.41) is 11.9. The third kappa shape index (κ3) is 12.6. The molecular formula is C23H35NO7. The van der Waals surface area contributed by atoms with Crippen molar-refractivity contribution in [3.63, 3.8) is 0 Å². The molecule has 1 rings (SSSR count). The van der Waals surface area contributed by atoms with E-state index in [0.29, 0.717) is 0 Å². The minimum absolute atomic E-state index is 0.0236. The van der Waals surface area contributed by atoms with Crippen LogP contribution in [0.25, 0.3) is 0 Å². The first-order chi connectivity index (χ1) is 14.2. The summed E-state index contributed by atoms with van der Waals surface area (Å²) in [6.07, 6.45) is -1.13. The van der Waals surface area contributed by atoms with Crippen LogP contribution in [0.15, 0.2) is 30.3 Å². The summed E-state index contributed by atoms with van der Waals surface area (Å²) in [7, 11) is 0. The summed E-state index contributed by atoms with van der Waals surface area (Å²) in [6, 6.07) is 8.18. The lowest BCUT2D eigenvalue weighted by Crippen LogP contribution is -2.45. The van der Waals surface area contributed by atoms with Crippen LogP contribution in [0.2, 0.25) is 0 Å². The minimum atomic E-state index is -1.23. The molecule has 174 valence electrons. The molecule has 31 heavy (non-hydrogen) atoms. The molecule has 0 bridgehead atoms. The SMILES string of the molecule is CC(C)(C)OC(=O)CCC(CC(NC(=O)OC(C)(C)C)C(=O)O)OCc1ccccc1. The van der Waals surface area contributed by atoms with Gasteiger partial charge in [-0.1, -0.05) is 30.3 Å². The Hall–Kier alpha value is -2.61. The molecule has 1 aromatic rings. The van der Waals surface area contributed by atoms with Gasteiger partial charge in [-0.15, -0.1) is 0 Å². The quantitative estimate of drug-likeness (QED) is 0.531. The number of carbonyl (C=O) groups excluding carboxylic acids is 2. The van der Waals surface area contributed by atoms with Crippen LogP contribution in [0.1, 0.15) is 66.4 Å². The van der Waals surface area contributed by atoms with Gasteiger partial charge < -0.3 is 24.6 Å². The molecule has 2 N–H and O–H groups in total. The molecule has 0 saturated carbocycles. The number of ether oxygens (including phenoxy) is 3. The first-order valence-corrected chi connectivity index (χ1v) is 10.3. The van der Waals surface area contributed by atoms with Crippen molar-refractivity contribution in [3.05, 3.63) is 35.9 Å². The molecule has 0 aromatic heterocycles. The van der Waals surface area contributed by atoms with Crippen LogP contribution in [0, 0.1) is 0 Å².